The van der Waals surface area contributed by atoms with Crippen LogP contribution >= 0.6 is 11.3 Å². The summed E-state index contributed by atoms with van der Waals surface area (Å²) >= 11 is 1.55. The van der Waals surface area contributed by atoms with Crippen molar-refractivity contribution < 1.29 is 14.4 Å². The van der Waals surface area contributed by atoms with E-state index in [4.69, 9.17) is 0 Å². The van der Waals surface area contributed by atoms with Crippen molar-refractivity contribution in [3.8, 4) is 0 Å². The molecule has 46 heavy (non-hydrogen) atoms. The normalized spacial score (nSPS) is 13.0. The molecule has 8 nitrogen and oxygen atoms in total. The second kappa shape index (κ2) is 16.3. The van der Waals surface area contributed by atoms with Crippen molar-refractivity contribution in [3.63, 3.8) is 0 Å². The highest BCUT2D eigenvalue weighted by Crippen LogP contribution is 2.21. The van der Waals surface area contributed by atoms with Crippen LogP contribution < -0.4 is 10.6 Å². The number of nitrogens with one attached hydrogen (secondary N) is 2. The van der Waals surface area contributed by atoms with Crippen molar-refractivity contribution >= 4 is 39.8 Å². The van der Waals surface area contributed by atoms with E-state index in [9.17, 15) is 14.4 Å². The molecule has 2 heterocycles. The molecule has 0 aliphatic carbocycles. The summed E-state index contributed by atoms with van der Waals surface area (Å²) in [6, 6.07) is 20.3. The van der Waals surface area contributed by atoms with Crippen LogP contribution in [0.1, 0.15) is 36.3 Å². The second-order valence-electron chi connectivity index (χ2n) is 12.2. The van der Waals surface area contributed by atoms with Gasteiger partial charge in [-0.05, 0) is 85.3 Å². The summed E-state index contributed by atoms with van der Waals surface area (Å²) < 4.78 is 0. The quantitative estimate of drug-likeness (QED) is 0.178. The fourth-order valence-electron chi connectivity index (χ4n) is 5.22. The lowest BCUT2D eigenvalue weighted by Gasteiger charge is -2.34. The number of hydrogen-bond donors (Lipinski definition) is 2. The molecule has 3 amide bonds. The number of thiophene rings is 1. The van der Waals surface area contributed by atoms with Crippen molar-refractivity contribution in [2.75, 3.05) is 27.7 Å². The first-order chi connectivity index (χ1) is 22.1. The molecule has 2 aromatic carbocycles. The van der Waals surface area contributed by atoms with Crippen molar-refractivity contribution in [2.24, 2.45) is 0 Å². The third-order valence-corrected chi connectivity index (χ3v) is 9.36. The average molecular weight is 640 g/mol. The Kier molecular flexibility index (Phi) is 12.2. The highest BCUT2D eigenvalue weighted by atomic mass is 32.1. The lowest BCUT2D eigenvalue weighted by Crippen LogP contribution is -2.56. The molecule has 2 N–H and O–H groups in total. The summed E-state index contributed by atoms with van der Waals surface area (Å²) in [4.78, 5) is 49.7. The lowest BCUT2D eigenvalue weighted by molar-refractivity contribution is -0.146. The molecular formula is C37H45N5O3S. The highest BCUT2D eigenvalue weighted by Gasteiger charge is 2.35. The van der Waals surface area contributed by atoms with Crippen LogP contribution in [0.15, 0.2) is 96.7 Å². The Morgan fingerprint density at radius 2 is 1.63 bits per heavy atom. The van der Waals surface area contributed by atoms with E-state index in [2.05, 4.69) is 35.5 Å². The van der Waals surface area contributed by atoms with Crippen molar-refractivity contribution in [1.29, 1.82) is 0 Å². The Labute approximate surface area is 276 Å². The molecule has 242 valence electrons. The van der Waals surface area contributed by atoms with E-state index >= 15 is 0 Å². The lowest BCUT2D eigenvalue weighted by atomic mass is 9.98. The molecule has 2 aromatic heterocycles. The predicted molar refractivity (Wildman–Crippen MR) is 187 cm³/mol. The van der Waals surface area contributed by atoms with E-state index in [1.54, 1.807) is 37.8 Å². The molecule has 0 aliphatic rings. The number of pyridine rings is 1. The van der Waals surface area contributed by atoms with Gasteiger partial charge in [-0.15, -0.1) is 11.3 Å². The monoisotopic (exact) mass is 639 g/mol. The van der Waals surface area contributed by atoms with E-state index in [0.29, 0.717) is 32.2 Å². The zero-order valence-electron chi connectivity index (χ0n) is 27.4. The number of aromatic nitrogens is 1. The number of hydrogen-bond acceptors (Lipinski definition) is 6. The number of rotatable bonds is 15. The summed E-state index contributed by atoms with van der Waals surface area (Å²) in [6.45, 7) is 4.54. The Hall–Kier alpha value is -4.34. The highest BCUT2D eigenvalue weighted by molar-refractivity contribution is 7.09. The van der Waals surface area contributed by atoms with Gasteiger partial charge in [0.2, 0.25) is 17.7 Å². The van der Waals surface area contributed by atoms with Gasteiger partial charge < -0.3 is 20.4 Å². The standard InChI is InChI=1S/C37H45N5O3S/c1-37(2,38-3)19-8-13-34(43)41(4)33(25-28-14-15-29-10-6-7-11-30(29)24-28)36(45)42(5)32(26-31-12-9-23-46-31)35(44)40-22-18-27-16-20-39-21-17-27/h6-17,20-21,23-24,32-33,38H,18-19,22,25-26H2,1-5H3,(H,40,44)/t32-,33-/m1/s1. The Morgan fingerprint density at radius 1 is 0.891 bits per heavy atom. The first-order valence-corrected chi connectivity index (χ1v) is 16.5. The van der Waals surface area contributed by atoms with E-state index in [1.807, 2.05) is 79.2 Å². The molecular weight excluding hydrogens is 595 g/mol. The molecule has 9 heteroatoms. The maximum absolute atomic E-state index is 14.4. The first kappa shape index (κ1) is 34.5. The number of nitrogens with zero attached hydrogens (tertiary/aromatic N) is 3. The number of fused-ring (bicyclic) bond motifs is 1. The first-order valence-electron chi connectivity index (χ1n) is 15.6. The van der Waals surface area contributed by atoms with Gasteiger partial charge in [0.05, 0.1) is 0 Å². The molecule has 0 saturated carbocycles. The van der Waals surface area contributed by atoms with E-state index in [0.717, 1.165) is 26.8 Å². The van der Waals surface area contributed by atoms with Gasteiger partial charge in [-0.2, -0.15) is 0 Å². The minimum Gasteiger partial charge on any atom is -0.354 e. The summed E-state index contributed by atoms with van der Waals surface area (Å²) in [5, 5.41) is 10.4. The van der Waals surface area contributed by atoms with E-state index < -0.39 is 12.1 Å². The summed E-state index contributed by atoms with van der Waals surface area (Å²) in [5.74, 6) is -0.791. The van der Waals surface area contributed by atoms with E-state index in [1.165, 1.54) is 15.9 Å². The Morgan fingerprint density at radius 3 is 2.33 bits per heavy atom. The predicted octanol–water partition coefficient (Wildman–Crippen LogP) is 5.04. The fraction of sp³-hybridized carbons (Fsp3) is 0.351. The zero-order chi connectivity index (χ0) is 33.1. The number of carbonyl (C=O) groups excluding carboxylic acids is 3. The summed E-state index contributed by atoms with van der Waals surface area (Å²) in [6.07, 6.45) is 8.81. The van der Waals surface area contributed by atoms with Crippen LogP contribution in [0.3, 0.4) is 0 Å². The largest absolute Gasteiger partial charge is 0.354 e. The Bertz CT molecular complexity index is 1620. The fourth-order valence-corrected chi connectivity index (χ4v) is 5.96. The number of amides is 3. The van der Waals surface area contributed by atoms with Gasteiger partial charge in [0.25, 0.3) is 0 Å². The van der Waals surface area contributed by atoms with Gasteiger partial charge in [-0.3, -0.25) is 19.4 Å². The van der Waals surface area contributed by atoms with E-state index in [-0.39, 0.29) is 23.3 Å². The minimum absolute atomic E-state index is 0.171. The van der Waals surface area contributed by atoms with Crippen LogP contribution in [-0.4, -0.2) is 77.8 Å². The topological polar surface area (TPSA) is 94.6 Å². The molecule has 0 bridgehead atoms. The zero-order valence-corrected chi connectivity index (χ0v) is 28.2. The van der Waals surface area contributed by atoms with Gasteiger partial charge in [0.1, 0.15) is 12.1 Å². The molecule has 0 unspecified atom stereocenters. The molecule has 0 saturated heterocycles. The molecule has 2 atom stereocenters. The molecule has 0 radical (unpaired) electrons. The summed E-state index contributed by atoms with van der Waals surface area (Å²) in [7, 11) is 5.22. The number of carbonyl (C=O) groups is 3. The van der Waals surface area contributed by atoms with Crippen molar-refractivity contribution in [1.82, 2.24) is 25.4 Å². The second-order valence-corrected chi connectivity index (χ2v) is 13.3. The molecule has 0 aliphatic heterocycles. The van der Waals surface area contributed by atoms with Crippen molar-refractivity contribution in [2.45, 2.75) is 57.2 Å². The smallest absolute Gasteiger partial charge is 0.246 e. The van der Waals surface area contributed by atoms with Gasteiger partial charge >= 0.3 is 0 Å². The molecule has 0 spiro atoms. The molecule has 0 fully saturated rings. The van der Waals surface area contributed by atoms with Crippen LogP contribution in [0.2, 0.25) is 0 Å². The molecule has 4 aromatic rings. The van der Waals surface area contributed by atoms with Gasteiger partial charge in [-0.25, -0.2) is 0 Å². The van der Waals surface area contributed by atoms with Crippen LogP contribution in [0.5, 0.6) is 0 Å². The van der Waals surface area contributed by atoms with Crippen LogP contribution in [0, 0.1) is 0 Å². The SMILES string of the molecule is CNC(C)(C)CC=CC(=O)N(C)[C@H](Cc1ccc2ccccc2c1)C(=O)N(C)[C@H](Cc1cccs1)C(=O)NCCc1ccncc1. The van der Waals surface area contributed by atoms with Gasteiger partial charge in [0, 0.05) is 56.3 Å². The average Bonchev–Trinajstić information content (AvgIpc) is 3.59. The maximum atomic E-state index is 14.4. The van der Waals surface area contributed by atoms with Crippen molar-refractivity contribution in [3.05, 3.63) is 113 Å². The maximum Gasteiger partial charge on any atom is 0.246 e. The minimum atomic E-state index is -0.823. The number of likely N-dealkylation sites (N-methyl/N-ethyl adjacent to an activating group) is 2. The molecule has 4 rings (SSSR count). The summed E-state index contributed by atoms with van der Waals surface area (Å²) in [5.41, 5.74) is 1.83. The third kappa shape index (κ3) is 9.58. The van der Waals surface area contributed by atoms with Crippen LogP contribution in [0.25, 0.3) is 10.8 Å². The van der Waals surface area contributed by atoms with Gasteiger partial charge in [0.15, 0.2) is 0 Å². The van der Waals surface area contributed by atoms with Crippen LogP contribution in [-0.2, 0) is 33.6 Å². The Balaban J connectivity index is 1.59. The number of benzene rings is 2. The van der Waals surface area contributed by atoms with Gasteiger partial charge in [-0.1, -0.05) is 54.6 Å². The third-order valence-electron chi connectivity index (χ3n) is 8.46. The van der Waals surface area contributed by atoms with Crippen LogP contribution in [0.4, 0.5) is 0 Å².